The van der Waals surface area contributed by atoms with Crippen LogP contribution < -0.4 is 10.6 Å². The molecule has 0 aliphatic carbocycles. The van der Waals surface area contributed by atoms with Crippen molar-refractivity contribution in [2.75, 3.05) is 6.54 Å². The van der Waals surface area contributed by atoms with Crippen LogP contribution in [0.25, 0.3) is 5.69 Å². The van der Waals surface area contributed by atoms with Crippen molar-refractivity contribution in [1.29, 1.82) is 0 Å². The van der Waals surface area contributed by atoms with Gasteiger partial charge in [0.05, 0.1) is 11.7 Å². The number of rotatable bonds is 4. The predicted octanol–water partition coefficient (Wildman–Crippen LogP) is 1.61. The van der Waals surface area contributed by atoms with Crippen LogP contribution in [0, 0.1) is 0 Å². The molecule has 7 heteroatoms. The van der Waals surface area contributed by atoms with E-state index in [0.717, 1.165) is 11.3 Å². The summed E-state index contributed by atoms with van der Waals surface area (Å²) in [7, 11) is 0. The molecule has 1 aromatic heterocycles. The van der Waals surface area contributed by atoms with Crippen molar-refractivity contribution < 1.29 is 9.18 Å². The molecule has 0 spiro atoms. The molecule has 1 amide bonds. The number of alkyl halides is 1. The van der Waals surface area contributed by atoms with Crippen molar-refractivity contribution >= 4 is 18.3 Å². The second-order valence-electron chi connectivity index (χ2n) is 5.09. The third-order valence-corrected chi connectivity index (χ3v) is 3.59. The summed E-state index contributed by atoms with van der Waals surface area (Å²) in [5.41, 5.74) is 1.88. The van der Waals surface area contributed by atoms with Gasteiger partial charge in [-0.25, -0.2) is 9.07 Å². The number of amides is 1. The number of hydrogen-bond donors (Lipinski definition) is 2. The minimum absolute atomic E-state index is 0. The van der Waals surface area contributed by atoms with Gasteiger partial charge in [0.25, 0.3) is 0 Å². The van der Waals surface area contributed by atoms with Gasteiger partial charge in [-0.05, 0) is 17.7 Å². The van der Waals surface area contributed by atoms with E-state index in [2.05, 4.69) is 15.7 Å². The molecule has 2 aromatic rings. The van der Waals surface area contributed by atoms with Gasteiger partial charge in [0.1, 0.15) is 6.17 Å². The summed E-state index contributed by atoms with van der Waals surface area (Å²) in [6.07, 6.45) is 2.87. The molecular formula is C15H18ClFN4O. The Morgan fingerprint density at radius 3 is 2.91 bits per heavy atom. The van der Waals surface area contributed by atoms with E-state index in [0.29, 0.717) is 6.54 Å². The summed E-state index contributed by atoms with van der Waals surface area (Å²) >= 11 is 0. The van der Waals surface area contributed by atoms with Gasteiger partial charge in [-0.2, -0.15) is 5.10 Å². The van der Waals surface area contributed by atoms with E-state index in [9.17, 15) is 9.18 Å². The van der Waals surface area contributed by atoms with Crippen LogP contribution in [-0.4, -0.2) is 34.4 Å². The van der Waals surface area contributed by atoms with E-state index >= 15 is 0 Å². The average molecular weight is 325 g/mol. The summed E-state index contributed by atoms with van der Waals surface area (Å²) < 4.78 is 14.8. The van der Waals surface area contributed by atoms with Gasteiger partial charge in [-0.1, -0.05) is 18.2 Å². The van der Waals surface area contributed by atoms with Crippen molar-refractivity contribution in [1.82, 2.24) is 20.4 Å². The molecule has 3 rings (SSSR count). The normalized spacial score (nSPS) is 20.4. The number of para-hydroxylation sites is 1. The Balaban J connectivity index is 0.00000176. The molecule has 5 nitrogen and oxygen atoms in total. The SMILES string of the molecule is Cl.O=C(NCc1ccccc1-n1cccn1)[C@H]1C[C@H](F)CN1. The first-order valence-electron chi connectivity index (χ1n) is 6.97. The lowest BCUT2D eigenvalue weighted by Gasteiger charge is -2.13. The zero-order valence-corrected chi connectivity index (χ0v) is 12.7. The maximum Gasteiger partial charge on any atom is 0.237 e. The highest BCUT2D eigenvalue weighted by molar-refractivity contribution is 5.85. The monoisotopic (exact) mass is 324 g/mol. The Morgan fingerprint density at radius 2 is 2.23 bits per heavy atom. The summed E-state index contributed by atoms with van der Waals surface area (Å²) in [5.74, 6) is -0.162. The topological polar surface area (TPSA) is 59.0 Å². The van der Waals surface area contributed by atoms with Gasteiger partial charge in [0.15, 0.2) is 0 Å². The van der Waals surface area contributed by atoms with Crippen LogP contribution in [0.1, 0.15) is 12.0 Å². The first kappa shape index (κ1) is 16.5. The van der Waals surface area contributed by atoms with Gasteiger partial charge in [-0.3, -0.25) is 4.79 Å². The summed E-state index contributed by atoms with van der Waals surface area (Å²) in [4.78, 5) is 12.0. The lowest BCUT2D eigenvalue weighted by atomic mass is 10.1. The van der Waals surface area contributed by atoms with Crippen LogP contribution in [-0.2, 0) is 11.3 Å². The van der Waals surface area contributed by atoms with E-state index in [1.165, 1.54) is 0 Å². The van der Waals surface area contributed by atoms with E-state index in [1.54, 1.807) is 10.9 Å². The smallest absolute Gasteiger partial charge is 0.237 e. The van der Waals surface area contributed by atoms with Crippen molar-refractivity contribution in [2.45, 2.75) is 25.2 Å². The molecule has 0 radical (unpaired) electrons. The third-order valence-electron chi connectivity index (χ3n) is 3.59. The van der Waals surface area contributed by atoms with E-state index in [-0.39, 0.29) is 31.3 Å². The molecule has 1 aliphatic rings. The fourth-order valence-corrected chi connectivity index (χ4v) is 2.49. The maximum atomic E-state index is 13.1. The van der Waals surface area contributed by atoms with Crippen LogP contribution in [0.3, 0.4) is 0 Å². The number of carbonyl (C=O) groups is 1. The van der Waals surface area contributed by atoms with E-state index in [4.69, 9.17) is 0 Å². The molecule has 22 heavy (non-hydrogen) atoms. The Hall–Kier alpha value is -1.92. The molecule has 1 saturated heterocycles. The van der Waals surface area contributed by atoms with E-state index < -0.39 is 12.2 Å². The second kappa shape index (κ2) is 7.38. The quantitative estimate of drug-likeness (QED) is 0.898. The lowest BCUT2D eigenvalue weighted by Crippen LogP contribution is -2.40. The average Bonchev–Trinajstić information content (AvgIpc) is 3.16. The fourth-order valence-electron chi connectivity index (χ4n) is 2.49. The fraction of sp³-hybridized carbons (Fsp3) is 0.333. The maximum absolute atomic E-state index is 13.1. The molecular weight excluding hydrogens is 307 g/mol. The van der Waals surface area contributed by atoms with Crippen molar-refractivity contribution in [3.8, 4) is 5.69 Å². The number of carbonyl (C=O) groups excluding carboxylic acids is 1. The number of hydrogen-bond acceptors (Lipinski definition) is 3. The molecule has 2 N–H and O–H groups in total. The third kappa shape index (κ3) is 3.64. The Kier molecular flexibility index (Phi) is 5.51. The number of nitrogens with zero attached hydrogens (tertiary/aromatic N) is 2. The summed E-state index contributed by atoms with van der Waals surface area (Å²) in [5, 5.41) is 9.94. The lowest BCUT2D eigenvalue weighted by molar-refractivity contribution is -0.123. The summed E-state index contributed by atoms with van der Waals surface area (Å²) in [6, 6.07) is 9.14. The first-order valence-corrected chi connectivity index (χ1v) is 6.97. The van der Waals surface area contributed by atoms with Crippen molar-refractivity contribution in [3.63, 3.8) is 0 Å². The molecule has 1 fully saturated rings. The highest BCUT2D eigenvalue weighted by Crippen LogP contribution is 2.14. The van der Waals surface area contributed by atoms with Crippen LogP contribution in [0.15, 0.2) is 42.7 Å². The van der Waals surface area contributed by atoms with Gasteiger partial charge < -0.3 is 10.6 Å². The predicted molar refractivity (Wildman–Crippen MR) is 84.0 cm³/mol. The van der Waals surface area contributed by atoms with Crippen molar-refractivity contribution in [2.24, 2.45) is 0 Å². The Labute approximate surface area is 134 Å². The molecule has 118 valence electrons. The molecule has 0 unspecified atom stereocenters. The van der Waals surface area contributed by atoms with Crippen LogP contribution in [0.4, 0.5) is 4.39 Å². The molecule has 2 atom stereocenters. The van der Waals surface area contributed by atoms with Crippen LogP contribution >= 0.6 is 12.4 Å². The van der Waals surface area contributed by atoms with Gasteiger partial charge >= 0.3 is 0 Å². The van der Waals surface area contributed by atoms with Crippen molar-refractivity contribution in [3.05, 3.63) is 48.3 Å². The molecule has 0 bridgehead atoms. The molecule has 1 aliphatic heterocycles. The van der Waals surface area contributed by atoms with Crippen LogP contribution in [0.5, 0.6) is 0 Å². The molecule has 1 aromatic carbocycles. The van der Waals surface area contributed by atoms with Gasteiger partial charge in [0, 0.05) is 31.9 Å². The standard InChI is InChI=1S/C15H17FN4O.ClH/c16-12-8-13(17-10-12)15(21)18-9-11-4-1-2-5-14(11)20-7-3-6-19-20;/h1-7,12-13,17H,8-10H2,(H,18,21);1H/t12-,13+;/m0./s1. The number of aromatic nitrogens is 2. The zero-order chi connectivity index (χ0) is 14.7. The largest absolute Gasteiger partial charge is 0.351 e. The van der Waals surface area contributed by atoms with Crippen LogP contribution in [0.2, 0.25) is 0 Å². The minimum Gasteiger partial charge on any atom is -0.351 e. The zero-order valence-electron chi connectivity index (χ0n) is 11.9. The number of nitrogens with one attached hydrogen (secondary N) is 2. The number of benzene rings is 1. The van der Waals surface area contributed by atoms with Gasteiger partial charge in [0.2, 0.25) is 5.91 Å². The highest BCUT2D eigenvalue weighted by atomic mass is 35.5. The Morgan fingerprint density at radius 1 is 1.41 bits per heavy atom. The summed E-state index contributed by atoms with van der Waals surface area (Å²) in [6.45, 7) is 0.645. The molecule has 0 saturated carbocycles. The first-order chi connectivity index (χ1) is 10.2. The molecule has 2 heterocycles. The second-order valence-corrected chi connectivity index (χ2v) is 5.09. The number of halogens is 2. The Bertz CT molecular complexity index is 620. The highest BCUT2D eigenvalue weighted by Gasteiger charge is 2.28. The van der Waals surface area contributed by atoms with E-state index in [1.807, 2.05) is 36.5 Å². The van der Waals surface area contributed by atoms with Gasteiger partial charge in [-0.15, -0.1) is 12.4 Å². The minimum atomic E-state index is -0.933.